The first-order chi connectivity index (χ1) is 24.3. The Balaban J connectivity index is 1.15. The third kappa shape index (κ3) is 4.51. The molecule has 0 amide bonds. The zero-order valence-electron chi connectivity index (χ0n) is 26.5. The molecule has 2 aromatic heterocycles. The Kier molecular flexibility index (Phi) is 6.18. The van der Waals surface area contributed by atoms with Gasteiger partial charge in [-0.3, -0.25) is 0 Å². The summed E-state index contributed by atoms with van der Waals surface area (Å²) in [5.41, 5.74) is 11.4. The summed E-state index contributed by atoms with van der Waals surface area (Å²) in [4.78, 5) is 2.35. The van der Waals surface area contributed by atoms with E-state index in [1.54, 1.807) is 0 Å². The Morgan fingerprint density at radius 3 is 1.86 bits per heavy atom. The minimum absolute atomic E-state index is 0.896. The van der Waals surface area contributed by atoms with E-state index in [2.05, 4.69) is 157 Å². The summed E-state index contributed by atoms with van der Waals surface area (Å²) >= 11 is 0. The second-order valence-electron chi connectivity index (χ2n) is 12.5. The molecule has 0 bridgehead atoms. The number of para-hydroxylation sites is 3. The fourth-order valence-electron chi connectivity index (χ4n) is 7.34. The van der Waals surface area contributed by atoms with E-state index in [4.69, 9.17) is 8.83 Å². The SMILES string of the molecule is c1ccc(-c2cccc(N(c3ccc(-c4cccc5c4oc4ccccc45)cc3)c3ccc4ccc5oc6ccccc6c5c4c3)c2)cc1. The standard InChI is InChI=1S/C46H29NO2/c1-2-10-30(11-3-1)33-12-8-13-35(28-33)47(36-26-22-32-23-27-44-45(41(32)29-36)40-15-5-7-19-43(40)48-44)34-24-20-31(21-25-34)37-16-9-17-39-38-14-4-6-18-42(38)49-46(37)39/h1-29H. The molecule has 3 nitrogen and oxygen atoms in total. The van der Waals surface area contributed by atoms with Gasteiger partial charge < -0.3 is 13.7 Å². The number of nitrogens with zero attached hydrogens (tertiary/aromatic N) is 1. The van der Waals surface area contributed by atoms with E-state index in [-0.39, 0.29) is 0 Å². The highest BCUT2D eigenvalue weighted by Crippen LogP contribution is 2.42. The normalized spacial score (nSPS) is 11.7. The van der Waals surface area contributed by atoms with Crippen molar-refractivity contribution in [2.45, 2.75) is 0 Å². The van der Waals surface area contributed by atoms with Crippen LogP contribution in [0.2, 0.25) is 0 Å². The lowest BCUT2D eigenvalue weighted by Crippen LogP contribution is -2.10. The van der Waals surface area contributed by atoms with Gasteiger partial charge in [0.1, 0.15) is 22.3 Å². The molecule has 230 valence electrons. The van der Waals surface area contributed by atoms with E-state index < -0.39 is 0 Å². The van der Waals surface area contributed by atoms with Gasteiger partial charge in [-0.15, -0.1) is 0 Å². The van der Waals surface area contributed by atoms with Crippen LogP contribution in [0.25, 0.3) is 76.9 Å². The highest BCUT2D eigenvalue weighted by molar-refractivity contribution is 6.19. The summed E-state index contributed by atoms with van der Waals surface area (Å²) in [6.07, 6.45) is 0. The molecule has 0 aliphatic heterocycles. The number of fused-ring (bicyclic) bond motifs is 8. The number of rotatable bonds is 5. The largest absolute Gasteiger partial charge is 0.456 e. The third-order valence-corrected chi connectivity index (χ3v) is 9.65. The number of hydrogen-bond donors (Lipinski definition) is 0. The monoisotopic (exact) mass is 627 g/mol. The number of hydrogen-bond acceptors (Lipinski definition) is 3. The molecule has 3 heteroatoms. The van der Waals surface area contributed by atoms with Crippen LogP contribution in [0.15, 0.2) is 185 Å². The molecule has 0 saturated carbocycles. The van der Waals surface area contributed by atoms with E-state index in [0.717, 1.165) is 77.5 Å². The number of anilines is 3. The van der Waals surface area contributed by atoms with Crippen LogP contribution in [0.4, 0.5) is 17.1 Å². The van der Waals surface area contributed by atoms with E-state index in [1.165, 1.54) is 16.5 Å². The summed E-state index contributed by atoms with van der Waals surface area (Å²) < 4.78 is 12.7. The van der Waals surface area contributed by atoms with E-state index in [0.29, 0.717) is 0 Å². The molecule has 0 unspecified atom stereocenters. The Labute approximate surface area is 282 Å². The average Bonchev–Trinajstić information content (AvgIpc) is 3.75. The molecule has 0 saturated heterocycles. The highest BCUT2D eigenvalue weighted by Gasteiger charge is 2.18. The van der Waals surface area contributed by atoms with Crippen molar-refractivity contribution in [3.8, 4) is 22.3 Å². The molecule has 49 heavy (non-hydrogen) atoms. The van der Waals surface area contributed by atoms with Crippen molar-refractivity contribution in [1.29, 1.82) is 0 Å². The Hall–Kier alpha value is -6.58. The van der Waals surface area contributed by atoms with Crippen LogP contribution >= 0.6 is 0 Å². The minimum Gasteiger partial charge on any atom is -0.456 e. The highest BCUT2D eigenvalue weighted by atomic mass is 16.3. The summed E-state index contributed by atoms with van der Waals surface area (Å²) in [6.45, 7) is 0. The predicted molar refractivity (Wildman–Crippen MR) is 204 cm³/mol. The average molecular weight is 628 g/mol. The molecule has 0 atom stereocenters. The van der Waals surface area contributed by atoms with Gasteiger partial charge in [-0.2, -0.15) is 0 Å². The first-order valence-electron chi connectivity index (χ1n) is 16.6. The van der Waals surface area contributed by atoms with Gasteiger partial charge in [0.2, 0.25) is 0 Å². The summed E-state index contributed by atoms with van der Waals surface area (Å²) in [5, 5.41) is 6.87. The van der Waals surface area contributed by atoms with Gasteiger partial charge in [0.25, 0.3) is 0 Å². The lowest BCUT2D eigenvalue weighted by atomic mass is 10.0. The van der Waals surface area contributed by atoms with Crippen LogP contribution < -0.4 is 4.90 Å². The molecule has 0 radical (unpaired) electrons. The molecular weight excluding hydrogens is 599 g/mol. The maximum absolute atomic E-state index is 6.39. The molecule has 0 aliphatic carbocycles. The van der Waals surface area contributed by atoms with Crippen molar-refractivity contribution in [2.24, 2.45) is 0 Å². The van der Waals surface area contributed by atoms with Crippen molar-refractivity contribution in [3.63, 3.8) is 0 Å². The van der Waals surface area contributed by atoms with Crippen molar-refractivity contribution in [3.05, 3.63) is 176 Å². The second kappa shape index (κ2) is 11.0. The van der Waals surface area contributed by atoms with Crippen LogP contribution in [0.1, 0.15) is 0 Å². The smallest absolute Gasteiger partial charge is 0.143 e. The van der Waals surface area contributed by atoms with Gasteiger partial charge in [-0.25, -0.2) is 0 Å². The first kappa shape index (κ1) is 27.5. The van der Waals surface area contributed by atoms with Crippen molar-refractivity contribution < 1.29 is 8.83 Å². The van der Waals surface area contributed by atoms with Gasteiger partial charge in [-0.1, -0.05) is 121 Å². The first-order valence-corrected chi connectivity index (χ1v) is 16.6. The number of benzene rings is 8. The summed E-state index contributed by atoms with van der Waals surface area (Å²) in [6, 6.07) is 62.1. The molecular formula is C46H29NO2. The Morgan fingerprint density at radius 1 is 0.347 bits per heavy atom. The Morgan fingerprint density at radius 2 is 1.00 bits per heavy atom. The van der Waals surface area contributed by atoms with Gasteiger partial charge in [0.05, 0.1) is 0 Å². The van der Waals surface area contributed by atoms with E-state index in [9.17, 15) is 0 Å². The Bertz CT molecular complexity index is 2830. The van der Waals surface area contributed by atoms with Crippen molar-refractivity contribution in [2.75, 3.05) is 4.90 Å². The van der Waals surface area contributed by atoms with Crippen LogP contribution in [0, 0.1) is 0 Å². The quantitative estimate of drug-likeness (QED) is 0.190. The summed E-state index contributed by atoms with van der Waals surface area (Å²) in [5.74, 6) is 0. The maximum atomic E-state index is 6.39. The van der Waals surface area contributed by atoms with Crippen LogP contribution in [-0.2, 0) is 0 Å². The van der Waals surface area contributed by atoms with E-state index >= 15 is 0 Å². The zero-order chi connectivity index (χ0) is 32.3. The lowest BCUT2D eigenvalue weighted by Gasteiger charge is -2.26. The molecule has 10 rings (SSSR count). The third-order valence-electron chi connectivity index (χ3n) is 9.65. The maximum Gasteiger partial charge on any atom is 0.143 e. The molecule has 0 aliphatic rings. The summed E-state index contributed by atoms with van der Waals surface area (Å²) in [7, 11) is 0. The molecule has 0 N–H and O–H groups in total. The predicted octanol–water partition coefficient (Wildman–Crippen LogP) is 13.4. The van der Waals surface area contributed by atoms with E-state index in [1.807, 2.05) is 24.3 Å². The van der Waals surface area contributed by atoms with Crippen molar-refractivity contribution in [1.82, 2.24) is 0 Å². The van der Waals surface area contributed by atoms with Gasteiger partial charge in [0.15, 0.2) is 0 Å². The van der Waals surface area contributed by atoms with Crippen molar-refractivity contribution >= 4 is 71.7 Å². The van der Waals surface area contributed by atoms with Gasteiger partial charge in [0, 0.05) is 44.2 Å². The minimum atomic E-state index is 0.896. The van der Waals surface area contributed by atoms with Gasteiger partial charge >= 0.3 is 0 Å². The molecule has 10 aromatic rings. The van der Waals surface area contributed by atoms with Crippen LogP contribution in [-0.4, -0.2) is 0 Å². The fourth-order valence-corrected chi connectivity index (χ4v) is 7.34. The van der Waals surface area contributed by atoms with Gasteiger partial charge in [-0.05, 0) is 82.1 Å². The van der Waals surface area contributed by atoms with Crippen LogP contribution in [0.3, 0.4) is 0 Å². The number of furan rings is 2. The fraction of sp³-hybridized carbons (Fsp3) is 0. The topological polar surface area (TPSA) is 29.5 Å². The molecule has 2 heterocycles. The lowest BCUT2D eigenvalue weighted by molar-refractivity contribution is 0.669. The zero-order valence-corrected chi connectivity index (χ0v) is 26.5. The molecule has 8 aromatic carbocycles. The van der Waals surface area contributed by atoms with Crippen LogP contribution in [0.5, 0.6) is 0 Å². The molecule has 0 fully saturated rings. The molecule has 0 spiro atoms. The second-order valence-corrected chi connectivity index (χ2v) is 12.5.